The lowest BCUT2D eigenvalue weighted by molar-refractivity contribution is 0.249. The molecule has 0 aliphatic rings. The van der Waals surface area contributed by atoms with E-state index < -0.39 is 6.03 Å². The minimum atomic E-state index is -0.492. The molecule has 0 unspecified atom stereocenters. The summed E-state index contributed by atoms with van der Waals surface area (Å²) in [5, 5.41) is 3.68. The first-order valence-corrected chi connectivity index (χ1v) is 5.13. The van der Waals surface area contributed by atoms with E-state index in [1.165, 1.54) is 0 Å². The van der Waals surface area contributed by atoms with Crippen LogP contribution in [-0.4, -0.2) is 17.6 Å². The van der Waals surface area contributed by atoms with Gasteiger partial charge in [-0.05, 0) is 18.1 Å². The molecule has 3 N–H and O–H groups in total. The Morgan fingerprint density at radius 3 is 2.94 bits per heavy atom. The van der Waals surface area contributed by atoms with Crippen molar-refractivity contribution in [2.45, 2.75) is 6.42 Å². The molecular weight excluding hydrogens is 202 g/mol. The average Bonchev–Trinajstić information content (AvgIpc) is 2.29. The Morgan fingerprint density at radius 1 is 1.31 bits per heavy atom. The monoisotopic (exact) mass is 215 g/mol. The van der Waals surface area contributed by atoms with E-state index in [0.717, 1.165) is 22.9 Å². The van der Waals surface area contributed by atoms with Crippen molar-refractivity contribution in [2.75, 3.05) is 6.54 Å². The molecular formula is C12H13N3O. The molecule has 0 saturated heterocycles. The molecule has 16 heavy (non-hydrogen) atoms. The number of nitrogens with one attached hydrogen (secondary N) is 1. The third-order valence-electron chi connectivity index (χ3n) is 2.41. The molecule has 0 fully saturated rings. The number of hydrogen-bond acceptors (Lipinski definition) is 2. The SMILES string of the molecule is NC(=O)NCCc1cccc2cccnc12. The molecule has 82 valence electrons. The van der Waals surface area contributed by atoms with Gasteiger partial charge < -0.3 is 11.1 Å². The minimum Gasteiger partial charge on any atom is -0.352 e. The van der Waals surface area contributed by atoms with Crippen LogP contribution in [0.4, 0.5) is 4.79 Å². The van der Waals surface area contributed by atoms with E-state index in [1.54, 1.807) is 6.20 Å². The maximum atomic E-state index is 10.5. The van der Waals surface area contributed by atoms with Gasteiger partial charge in [-0.3, -0.25) is 4.98 Å². The van der Waals surface area contributed by atoms with Crippen LogP contribution in [0, 0.1) is 0 Å². The molecule has 0 bridgehead atoms. The third-order valence-corrected chi connectivity index (χ3v) is 2.41. The van der Waals surface area contributed by atoms with Gasteiger partial charge in [0.15, 0.2) is 0 Å². The summed E-state index contributed by atoms with van der Waals surface area (Å²) in [4.78, 5) is 14.9. The predicted octanol–water partition coefficient (Wildman–Crippen LogP) is 1.45. The molecule has 0 spiro atoms. The molecule has 1 heterocycles. The van der Waals surface area contributed by atoms with Gasteiger partial charge in [-0.25, -0.2) is 4.79 Å². The van der Waals surface area contributed by atoms with E-state index in [4.69, 9.17) is 5.73 Å². The number of amides is 2. The van der Waals surface area contributed by atoms with Crippen LogP contribution < -0.4 is 11.1 Å². The van der Waals surface area contributed by atoms with Gasteiger partial charge in [-0.1, -0.05) is 24.3 Å². The van der Waals surface area contributed by atoms with Gasteiger partial charge in [0.25, 0.3) is 0 Å². The second kappa shape index (κ2) is 4.61. The van der Waals surface area contributed by atoms with Crippen molar-refractivity contribution in [3.05, 3.63) is 42.1 Å². The van der Waals surface area contributed by atoms with E-state index in [0.29, 0.717) is 6.54 Å². The number of urea groups is 1. The number of primary amides is 1. The summed E-state index contributed by atoms with van der Waals surface area (Å²) in [5.41, 5.74) is 7.10. The fraction of sp³-hybridized carbons (Fsp3) is 0.167. The smallest absolute Gasteiger partial charge is 0.312 e. The average molecular weight is 215 g/mol. The number of nitrogens with zero attached hydrogens (tertiary/aromatic N) is 1. The fourth-order valence-corrected chi connectivity index (χ4v) is 1.69. The lowest BCUT2D eigenvalue weighted by Gasteiger charge is -2.05. The van der Waals surface area contributed by atoms with Gasteiger partial charge in [-0.15, -0.1) is 0 Å². The van der Waals surface area contributed by atoms with Crippen molar-refractivity contribution in [1.82, 2.24) is 10.3 Å². The zero-order valence-electron chi connectivity index (χ0n) is 8.81. The number of benzene rings is 1. The molecule has 2 amide bonds. The summed E-state index contributed by atoms with van der Waals surface area (Å²) in [6.45, 7) is 0.533. The van der Waals surface area contributed by atoms with Crippen molar-refractivity contribution < 1.29 is 4.79 Å². The first kappa shape index (κ1) is 10.4. The normalized spacial score (nSPS) is 10.2. The van der Waals surface area contributed by atoms with Gasteiger partial charge in [0.2, 0.25) is 0 Å². The summed E-state index contributed by atoms with van der Waals surface area (Å²) >= 11 is 0. The highest BCUT2D eigenvalue weighted by atomic mass is 16.2. The molecule has 4 heteroatoms. The highest BCUT2D eigenvalue weighted by Crippen LogP contribution is 2.15. The number of aromatic nitrogens is 1. The molecule has 0 aliphatic carbocycles. The van der Waals surface area contributed by atoms with Crippen molar-refractivity contribution in [3.63, 3.8) is 0 Å². The highest BCUT2D eigenvalue weighted by molar-refractivity contribution is 5.81. The Hall–Kier alpha value is -2.10. The number of hydrogen-bond donors (Lipinski definition) is 2. The molecule has 4 nitrogen and oxygen atoms in total. The second-order valence-corrected chi connectivity index (χ2v) is 3.53. The Labute approximate surface area is 93.5 Å². The van der Waals surface area contributed by atoms with Crippen LogP contribution in [0.1, 0.15) is 5.56 Å². The Morgan fingerprint density at radius 2 is 2.12 bits per heavy atom. The maximum absolute atomic E-state index is 10.5. The van der Waals surface area contributed by atoms with E-state index in [2.05, 4.69) is 10.3 Å². The molecule has 1 aromatic heterocycles. The number of pyridine rings is 1. The molecule has 0 aliphatic heterocycles. The summed E-state index contributed by atoms with van der Waals surface area (Å²) in [6, 6.07) is 9.46. The number of nitrogens with two attached hydrogens (primary N) is 1. The van der Waals surface area contributed by atoms with Gasteiger partial charge in [0, 0.05) is 18.1 Å². The summed E-state index contributed by atoms with van der Waals surface area (Å²) in [6.07, 6.45) is 2.50. The first-order chi connectivity index (χ1) is 7.77. The number of rotatable bonds is 3. The topological polar surface area (TPSA) is 68.0 Å². The van der Waals surface area contributed by atoms with Crippen molar-refractivity contribution in [1.29, 1.82) is 0 Å². The van der Waals surface area contributed by atoms with Crippen molar-refractivity contribution in [3.8, 4) is 0 Å². The quantitative estimate of drug-likeness (QED) is 0.813. The number of carbonyl (C=O) groups excluding carboxylic acids is 1. The van der Waals surface area contributed by atoms with Crippen LogP contribution in [0.25, 0.3) is 10.9 Å². The fourth-order valence-electron chi connectivity index (χ4n) is 1.69. The standard InChI is InChI=1S/C12H13N3O/c13-12(16)15-8-6-10-4-1-3-9-5-2-7-14-11(9)10/h1-5,7H,6,8H2,(H3,13,15,16). The van der Waals surface area contributed by atoms with Crippen LogP contribution in [0.3, 0.4) is 0 Å². The Kier molecular flexibility index (Phi) is 3.00. The van der Waals surface area contributed by atoms with Gasteiger partial charge in [-0.2, -0.15) is 0 Å². The van der Waals surface area contributed by atoms with Crippen LogP contribution in [0.5, 0.6) is 0 Å². The molecule has 0 atom stereocenters. The largest absolute Gasteiger partial charge is 0.352 e. The van der Waals surface area contributed by atoms with Gasteiger partial charge >= 0.3 is 6.03 Å². The third kappa shape index (κ3) is 2.28. The lowest BCUT2D eigenvalue weighted by atomic mass is 10.1. The molecule has 0 saturated carbocycles. The Balaban J connectivity index is 2.20. The first-order valence-electron chi connectivity index (χ1n) is 5.13. The molecule has 2 rings (SSSR count). The van der Waals surface area contributed by atoms with E-state index in [9.17, 15) is 4.79 Å². The van der Waals surface area contributed by atoms with Gasteiger partial charge in [0.05, 0.1) is 5.52 Å². The molecule has 0 radical (unpaired) electrons. The number of carbonyl (C=O) groups is 1. The zero-order valence-corrected chi connectivity index (χ0v) is 8.81. The van der Waals surface area contributed by atoms with Crippen LogP contribution in [0.2, 0.25) is 0 Å². The van der Waals surface area contributed by atoms with Crippen LogP contribution >= 0.6 is 0 Å². The predicted molar refractivity (Wildman–Crippen MR) is 63.0 cm³/mol. The zero-order chi connectivity index (χ0) is 11.4. The van der Waals surface area contributed by atoms with E-state index in [-0.39, 0.29) is 0 Å². The number of fused-ring (bicyclic) bond motifs is 1. The summed E-state index contributed by atoms with van der Waals surface area (Å²) in [7, 11) is 0. The van der Waals surface area contributed by atoms with E-state index >= 15 is 0 Å². The van der Waals surface area contributed by atoms with Gasteiger partial charge in [0.1, 0.15) is 0 Å². The molecule has 2 aromatic rings. The maximum Gasteiger partial charge on any atom is 0.312 e. The van der Waals surface area contributed by atoms with Crippen molar-refractivity contribution >= 4 is 16.9 Å². The van der Waals surface area contributed by atoms with Crippen LogP contribution in [0.15, 0.2) is 36.5 Å². The lowest BCUT2D eigenvalue weighted by Crippen LogP contribution is -2.30. The minimum absolute atomic E-state index is 0.492. The van der Waals surface area contributed by atoms with Crippen LogP contribution in [-0.2, 0) is 6.42 Å². The Bertz CT molecular complexity index is 505. The number of para-hydroxylation sites is 1. The van der Waals surface area contributed by atoms with Crippen molar-refractivity contribution in [2.24, 2.45) is 5.73 Å². The summed E-state index contributed by atoms with van der Waals surface area (Å²) in [5.74, 6) is 0. The second-order valence-electron chi connectivity index (χ2n) is 3.53. The highest BCUT2D eigenvalue weighted by Gasteiger charge is 2.01. The molecule has 1 aromatic carbocycles. The summed E-state index contributed by atoms with van der Waals surface area (Å²) < 4.78 is 0. The van der Waals surface area contributed by atoms with E-state index in [1.807, 2.05) is 30.3 Å².